The van der Waals surface area contributed by atoms with Crippen molar-refractivity contribution in [3.8, 4) is 0 Å². The Hall–Kier alpha value is -1.59. The predicted molar refractivity (Wildman–Crippen MR) is 122 cm³/mol. The fraction of sp³-hybridized carbons (Fsp3) is 0.696. The van der Waals surface area contributed by atoms with E-state index in [4.69, 9.17) is 5.73 Å². The van der Waals surface area contributed by atoms with Gasteiger partial charge in [-0.05, 0) is 32.7 Å². The minimum absolute atomic E-state index is 0. The highest BCUT2D eigenvalue weighted by atomic mass is 16.2. The second-order valence-corrected chi connectivity index (χ2v) is 7.64. The van der Waals surface area contributed by atoms with E-state index in [9.17, 15) is 4.79 Å². The fourth-order valence-electron chi connectivity index (χ4n) is 3.59. The van der Waals surface area contributed by atoms with Crippen LogP contribution in [-0.4, -0.2) is 72.6 Å². The zero-order valence-electron chi connectivity index (χ0n) is 16.7. The number of likely N-dealkylation sites (tertiary alicyclic amines) is 2. The number of urea groups is 1. The van der Waals surface area contributed by atoms with Gasteiger partial charge in [0, 0.05) is 45.3 Å². The molecule has 1 aromatic rings. The molecule has 1 aromatic carbocycles. The standard InChI is InChI=1S/C14H28N4O.C7H8.2CH4/c1-3-4-7-17-8-6-13(11-17)16(2)14(19)18-9-5-12(15)10-18;1-7-5-3-2-4-6-7;;/h12-13H,3-11,15H2,1-2H3;2-6H,1H3;2*1H4. The first-order valence-electron chi connectivity index (χ1n) is 10.0. The molecule has 2 saturated heterocycles. The molecule has 2 heterocycles. The molecule has 5 heteroatoms. The minimum atomic E-state index is 0. The second-order valence-electron chi connectivity index (χ2n) is 7.64. The number of carbonyl (C=O) groups excluding carboxylic acids is 1. The molecule has 2 unspecified atom stereocenters. The second kappa shape index (κ2) is 13.6. The summed E-state index contributed by atoms with van der Waals surface area (Å²) in [5.74, 6) is 0. The van der Waals surface area contributed by atoms with Crippen LogP contribution in [0.25, 0.3) is 0 Å². The molecule has 162 valence electrons. The summed E-state index contributed by atoms with van der Waals surface area (Å²) in [4.78, 5) is 18.7. The van der Waals surface area contributed by atoms with Crippen molar-refractivity contribution in [2.24, 2.45) is 5.73 Å². The van der Waals surface area contributed by atoms with Gasteiger partial charge in [-0.15, -0.1) is 0 Å². The molecular weight excluding hydrogens is 348 g/mol. The normalized spacial score (nSPS) is 21.2. The van der Waals surface area contributed by atoms with E-state index in [1.54, 1.807) is 0 Å². The molecule has 0 bridgehead atoms. The van der Waals surface area contributed by atoms with Crippen LogP contribution < -0.4 is 5.73 Å². The summed E-state index contributed by atoms with van der Waals surface area (Å²) >= 11 is 0. The molecule has 0 saturated carbocycles. The van der Waals surface area contributed by atoms with E-state index in [-0.39, 0.29) is 26.9 Å². The Balaban J connectivity index is 0.000000690. The van der Waals surface area contributed by atoms with Crippen LogP contribution in [0.2, 0.25) is 0 Å². The Bertz CT molecular complexity index is 537. The lowest BCUT2D eigenvalue weighted by Crippen LogP contribution is -2.46. The Morgan fingerprint density at radius 3 is 2.32 bits per heavy atom. The molecule has 2 fully saturated rings. The lowest BCUT2D eigenvalue weighted by molar-refractivity contribution is 0.155. The van der Waals surface area contributed by atoms with Gasteiger partial charge in [-0.1, -0.05) is 64.1 Å². The lowest BCUT2D eigenvalue weighted by Gasteiger charge is -2.29. The van der Waals surface area contributed by atoms with Crippen molar-refractivity contribution in [3.63, 3.8) is 0 Å². The van der Waals surface area contributed by atoms with Crippen molar-refractivity contribution in [1.82, 2.24) is 14.7 Å². The predicted octanol–water partition coefficient (Wildman–Crippen LogP) is 4.21. The van der Waals surface area contributed by atoms with Crippen LogP contribution in [0.15, 0.2) is 30.3 Å². The van der Waals surface area contributed by atoms with Crippen LogP contribution in [0.4, 0.5) is 4.79 Å². The minimum Gasteiger partial charge on any atom is -0.326 e. The van der Waals surface area contributed by atoms with Gasteiger partial charge in [0.05, 0.1) is 0 Å². The van der Waals surface area contributed by atoms with E-state index in [0.717, 1.165) is 39.0 Å². The highest BCUT2D eigenvalue weighted by Gasteiger charge is 2.32. The maximum absolute atomic E-state index is 12.4. The zero-order chi connectivity index (χ0) is 18.9. The maximum atomic E-state index is 12.4. The van der Waals surface area contributed by atoms with Gasteiger partial charge in [0.15, 0.2) is 0 Å². The first-order valence-corrected chi connectivity index (χ1v) is 10.0. The number of carbonyl (C=O) groups is 1. The lowest BCUT2D eigenvalue weighted by atomic mass is 10.2. The van der Waals surface area contributed by atoms with Crippen molar-refractivity contribution >= 4 is 6.03 Å². The van der Waals surface area contributed by atoms with Gasteiger partial charge in [0.2, 0.25) is 0 Å². The van der Waals surface area contributed by atoms with E-state index in [1.165, 1.54) is 24.9 Å². The van der Waals surface area contributed by atoms with E-state index in [2.05, 4.69) is 30.9 Å². The zero-order valence-corrected chi connectivity index (χ0v) is 16.7. The summed E-state index contributed by atoms with van der Waals surface area (Å²) in [5.41, 5.74) is 7.19. The summed E-state index contributed by atoms with van der Waals surface area (Å²) in [7, 11) is 1.94. The van der Waals surface area contributed by atoms with Gasteiger partial charge in [0.25, 0.3) is 0 Å². The first kappa shape index (κ1) is 26.4. The van der Waals surface area contributed by atoms with Crippen molar-refractivity contribution in [2.45, 2.75) is 66.5 Å². The molecule has 0 aromatic heterocycles. The average molecular weight is 393 g/mol. The van der Waals surface area contributed by atoms with Crippen LogP contribution >= 0.6 is 0 Å². The van der Waals surface area contributed by atoms with E-state index >= 15 is 0 Å². The highest BCUT2D eigenvalue weighted by Crippen LogP contribution is 2.18. The first-order chi connectivity index (χ1) is 12.5. The number of rotatable bonds is 4. The van der Waals surface area contributed by atoms with Gasteiger partial charge in [-0.25, -0.2) is 4.79 Å². The van der Waals surface area contributed by atoms with Crippen LogP contribution in [0.3, 0.4) is 0 Å². The number of hydrogen-bond donors (Lipinski definition) is 1. The Kier molecular flexibility index (Phi) is 12.8. The third kappa shape index (κ3) is 8.19. The van der Waals surface area contributed by atoms with Crippen molar-refractivity contribution in [3.05, 3.63) is 35.9 Å². The quantitative estimate of drug-likeness (QED) is 0.835. The van der Waals surface area contributed by atoms with Crippen LogP contribution in [0.5, 0.6) is 0 Å². The monoisotopic (exact) mass is 392 g/mol. The third-order valence-corrected chi connectivity index (χ3v) is 5.36. The maximum Gasteiger partial charge on any atom is 0.320 e. The van der Waals surface area contributed by atoms with Gasteiger partial charge in [0.1, 0.15) is 0 Å². The van der Waals surface area contributed by atoms with E-state index < -0.39 is 0 Å². The molecule has 2 N–H and O–H groups in total. The fourth-order valence-corrected chi connectivity index (χ4v) is 3.59. The molecule has 2 aliphatic heterocycles. The van der Waals surface area contributed by atoms with Crippen LogP contribution in [0, 0.1) is 6.92 Å². The highest BCUT2D eigenvalue weighted by molar-refractivity contribution is 5.75. The van der Waals surface area contributed by atoms with Crippen LogP contribution in [-0.2, 0) is 0 Å². The summed E-state index contributed by atoms with van der Waals surface area (Å²) < 4.78 is 0. The molecule has 2 atom stereocenters. The van der Waals surface area contributed by atoms with Gasteiger partial charge in [-0.3, -0.25) is 0 Å². The number of likely N-dealkylation sites (N-methyl/N-ethyl adjacent to an activating group) is 1. The number of nitrogens with zero attached hydrogens (tertiary/aromatic N) is 3. The number of unbranched alkanes of at least 4 members (excludes halogenated alkanes) is 1. The Morgan fingerprint density at radius 1 is 1.14 bits per heavy atom. The van der Waals surface area contributed by atoms with Crippen molar-refractivity contribution < 1.29 is 4.79 Å². The summed E-state index contributed by atoms with van der Waals surface area (Å²) in [5, 5.41) is 0. The molecule has 0 aliphatic carbocycles. The summed E-state index contributed by atoms with van der Waals surface area (Å²) in [6.45, 7) is 9.17. The molecule has 0 radical (unpaired) electrons. The molecule has 0 spiro atoms. The summed E-state index contributed by atoms with van der Waals surface area (Å²) in [6.07, 6.45) is 4.53. The molecule has 5 nitrogen and oxygen atoms in total. The molecule has 2 aliphatic rings. The SMILES string of the molecule is C.C.CCCCN1CCC(N(C)C(=O)N2CCC(N)C2)C1.Cc1ccccc1. The van der Waals surface area contributed by atoms with Crippen molar-refractivity contribution in [1.29, 1.82) is 0 Å². The Labute approximate surface area is 173 Å². The molecular formula is C23H44N4O. The summed E-state index contributed by atoms with van der Waals surface area (Å²) in [6, 6.07) is 11.0. The van der Waals surface area contributed by atoms with Crippen molar-refractivity contribution in [2.75, 3.05) is 39.8 Å². The van der Waals surface area contributed by atoms with Gasteiger partial charge in [-0.2, -0.15) is 0 Å². The number of amides is 2. The number of nitrogens with two attached hydrogens (primary N) is 1. The molecule has 2 amide bonds. The van der Waals surface area contributed by atoms with Crippen LogP contribution in [0.1, 0.15) is 53.0 Å². The molecule has 28 heavy (non-hydrogen) atoms. The smallest absolute Gasteiger partial charge is 0.320 e. The molecule has 3 rings (SSSR count). The van der Waals surface area contributed by atoms with Gasteiger partial charge < -0.3 is 20.4 Å². The van der Waals surface area contributed by atoms with E-state index in [0.29, 0.717) is 6.04 Å². The van der Waals surface area contributed by atoms with Gasteiger partial charge >= 0.3 is 6.03 Å². The average Bonchev–Trinajstić information content (AvgIpc) is 3.29. The third-order valence-electron chi connectivity index (χ3n) is 5.36. The van der Waals surface area contributed by atoms with E-state index in [1.807, 2.05) is 35.0 Å². The Morgan fingerprint density at radius 2 is 1.82 bits per heavy atom. The number of aryl methyl sites for hydroxylation is 1. The number of hydrogen-bond acceptors (Lipinski definition) is 3. The topological polar surface area (TPSA) is 52.8 Å². The number of benzene rings is 1. The largest absolute Gasteiger partial charge is 0.326 e.